The zero-order chi connectivity index (χ0) is 15.2. The highest BCUT2D eigenvalue weighted by Gasteiger charge is 2.12. The number of hydrogen-bond donors (Lipinski definition) is 2. The summed E-state index contributed by atoms with van der Waals surface area (Å²) in [6.45, 7) is -0.153. The van der Waals surface area contributed by atoms with Gasteiger partial charge in [-0.1, -0.05) is 30.3 Å². The van der Waals surface area contributed by atoms with Gasteiger partial charge in [0.15, 0.2) is 5.82 Å². The van der Waals surface area contributed by atoms with E-state index < -0.39 is 12.1 Å². The van der Waals surface area contributed by atoms with Crippen LogP contribution in [0.15, 0.2) is 41.0 Å². The lowest BCUT2D eigenvalue weighted by molar-refractivity contribution is -0.137. The number of benzene rings is 1. The van der Waals surface area contributed by atoms with Gasteiger partial charge in [-0.25, -0.2) is 4.79 Å². The molecule has 8 heteroatoms. The fraction of sp³-hybridized carbons (Fsp3) is 0.154. The molecule has 1 aromatic heterocycles. The van der Waals surface area contributed by atoms with Crippen LogP contribution in [0.25, 0.3) is 0 Å². The van der Waals surface area contributed by atoms with Gasteiger partial charge in [-0.05, 0) is 21.5 Å². The van der Waals surface area contributed by atoms with Crippen molar-refractivity contribution in [3.8, 4) is 0 Å². The number of halogens is 1. The molecule has 0 fully saturated rings. The third-order valence-corrected chi connectivity index (χ3v) is 3.03. The van der Waals surface area contributed by atoms with Gasteiger partial charge in [-0.15, -0.1) is 0 Å². The number of hydrogen-bond acceptors (Lipinski definition) is 4. The first kappa shape index (κ1) is 15.0. The minimum Gasteiger partial charge on any atom is -0.480 e. The molecule has 2 aromatic rings. The summed E-state index contributed by atoms with van der Waals surface area (Å²) in [4.78, 5) is 22.2. The van der Waals surface area contributed by atoms with Crippen molar-refractivity contribution < 1.29 is 19.4 Å². The molecule has 0 bridgehead atoms. The van der Waals surface area contributed by atoms with Gasteiger partial charge in [0.25, 0.3) is 0 Å². The van der Waals surface area contributed by atoms with E-state index in [0.717, 1.165) is 5.56 Å². The summed E-state index contributed by atoms with van der Waals surface area (Å²) in [7, 11) is 0. The third kappa shape index (κ3) is 4.60. The maximum absolute atomic E-state index is 11.6. The zero-order valence-electron chi connectivity index (χ0n) is 10.8. The molecule has 2 rings (SSSR count). The molecule has 0 unspecified atom stereocenters. The molecule has 21 heavy (non-hydrogen) atoms. The first-order valence-corrected chi connectivity index (χ1v) is 6.76. The SMILES string of the molecule is O=C(O)Cn1cc(Br)c(NC(=O)OCc2ccccc2)n1. The number of aromatic nitrogens is 2. The monoisotopic (exact) mass is 353 g/mol. The molecule has 2 N–H and O–H groups in total. The van der Waals surface area contributed by atoms with Crippen molar-refractivity contribution >= 4 is 33.8 Å². The number of nitrogens with zero attached hydrogens (tertiary/aromatic N) is 2. The standard InChI is InChI=1S/C13H12BrN3O4/c14-10-6-17(7-11(18)19)16-12(10)15-13(20)21-8-9-4-2-1-3-5-9/h1-6H,7-8H2,(H,18,19)(H,15,16,20). The van der Waals surface area contributed by atoms with Gasteiger partial charge in [-0.2, -0.15) is 5.10 Å². The molecule has 110 valence electrons. The van der Waals surface area contributed by atoms with E-state index in [1.54, 1.807) is 0 Å². The van der Waals surface area contributed by atoms with Gasteiger partial charge >= 0.3 is 12.1 Å². The van der Waals surface area contributed by atoms with E-state index in [1.807, 2.05) is 30.3 Å². The number of carboxylic acids is 1. The lowest BCUT2D eigenvalue weighted by atomic mass is 10.2. The van der Waals surface area contributed by atoms with Crippen molar-refractivity contribution in [1.82, 2.24) is 9.78 Å². The molecule has 0 radical (unpaired) electrons. The second-order valence-corrected chi connectivity index (χ2v) is 4.96. The zero-order valence-corrected chi connectivity index (χ0v) is 12.4. The summed E-state index contributed by atoms with van der Waals surface area (Å²) >= 11 is 3.19. The number of amides is 1. The maximum atomic E-state index is 11.6. The number of carboxylic acid groups (broad SMARTS) is 1. The molecule has 0 saturated carbocycles. The third-order valence-electron chi connectivity index (χ3n) is 2.45. The van der Waals surface area contributed by atoms with Crippen LogP contribution in [0.2, 0.25) is 0 Å². The van der Waals surface area contributed by atoms with Crippen molar-refractivity contribution in [3.63, 3.8) is 0 Å². The summed E-state index contributed by atoms with van der Waals surface area (Å²) in [5.74, 6) is -0.822. The first-order valence-electron chi connectivity index (χ1n) is 5.97. The van der Waals surface area contributed by atoms with E-state index in [0.29, 0.717) is 4.47 Å². The molecule has 0 aliphatic heterocycles. The van der Waals surface area contributed by atoms with Crippen molar-refractivity contribution in [2.75, 3.05) is 5.32 Å². The smallest absolute Gasteiger partial charge is 0.413 e. The number of carbonyl (C=O) groups excluding carboxylic acids is 1. The van der Waals surface area contributed by atoms with Gasteiger partial charge in [0.05, 0.1) is 4.47 Å². The fourth-order valence-electron chi connectivity index (χ4n) is 1.56. The molecular weight excluding hydrogens is 342 g/mol. The highest BCUT2D eigenvalue weighted by molar-refractivity contribution is 9.10. The Hall–Kier alpha value is -2.35. The highest BCUT2D eigenvalue weighted by atomic mass is 79.9. The largest absolute Gasteiger partial charge is 0.480 e. The van der Waals surface area contributed by atoms with Crippen LogP contribution in [-0.4, -0.2) is 26.9 Å². The van der Waals surface area contributed by atoms with E-state index in [1.165, 1.54) is 10.9 Å². The molecule has 1 amide bonds. The summed E-state index contributed by atoms with van der Waals surface area (Å²) in [6.07, 6.45) is 0.793. The predicted octanol–water partition coefficient (Wildman–Crippen LogP) is 2.48. The Morgan fingerprint density at radius 1 is 1.33 bits per heavy atom. The topological polar surface area (TPSA) is 93.5 Å². The maximum Gasteiger partial charge on any atom is 0.413 e. The number of carbonyl (C=O) groups is 2. The van der Waals surface area contributed by atoms with E-state index >= 15 is 0 Å². The van der Waals surface area contributed by atoms with Gasteiger partial charge in [-0.3, -0.25) is 14.8 Å². The van der Waals surface area contributed by atoms with Gasteiger partial charge in [0, 0.05) is 6.20 Å². The summed E-state index contributed by atoms with van der Waals surface area (Å²) in [5, 5.41) is 15.0. The minimum absolute atomic E-state index is 0.139. The first-order chi connectivity index (χ1) is 10.0. The van der Waals surface area contributed by atoms with E-state index in [2.05, 4.69) is 26.3 Å². The summed E-state index contributed by atoms with van der Waals surface area (Å²) < 4.78 is 6.71. The van der Waals surface area contributed by atoms with Crippen molar-refractivity contribution in [3.05, 3.63) is 46.6 Å². The van der Waals surface area contributed by atoms with Gasteiger partial charge in [0.1, 0.15) is 13.2 Å². The fourth-order valence-corrected chi connectivity index (χ4v) is 1.97. The van der Waals surface area contributed by atoms with E-state index in [4.69, 9.17) is 9.84 Å². The van der Waals surface area contributed by atoms with Crippen LogP contribution in [0, 0.1) is 0 Å². The van der Waals surface area contributed by atoms with Crippen LogP contribution >= 0.6 is 15.9 Å². The molecule has 0 saturated heterocycles. The van der Waals surface area contributed by atoms with E-state index in [9.17, 15) is 9.59 Å². The lowest BCUT2D eigenvalue weighted by Crippen LogP contribution is -2.15. The molecular formula is C13H12BrN3O4. The number of rotatable bonds is 5. The van der Waals surface area contributed by atoms with Crippen LogP contribution in [0.5, 0.6) is 0 Å². The van der Waals surface area contributed by atoms with Crippen LogP contribution in [0.4, 0.5) is 10.6 Å². The number of nitrogens with one attached hydrogen (secondary N) is 1. The van der Waals surface area contributed by atoms with Crippen molar-refractivity contribution in [2.24, 2.45) is 0 Å². The summed E-state index contributed by atoms with van der Waals surface area (Å²) in [6, 6.07) is 9.24. The Morgan fingerprint density at radius 3 is 2.71 bits per heavy atom. The predicted molar refractivity (Wildman–Crippen MR) is 77.8 cm³/mol. The normalized spacial score (nSPS) is 10.1. The molecule has 0 spiro atoms. The van der Waals surface area contributed by atoms with Crippen LogP contribution in [0.1, 0.15) is 5.56 Å². The van der Waals surface area contributed by atoms with Gasteiger partial charge in [0.2, 0.25) is 0 Å². The lowest BCUT2D eigenvalue weighted by Gasteiger charge is -2.05. The second kappa shape index (κ2) is 6.89. The Kier molecular flexibility index (Phi) is 4.94. The Bertz CT molecular complexity index is 642. The molecule has 1 heterocycles. The average Bonchev–Trinajstić information content (AvgIpc) is 2.76. The number of anilines is 1. The Balaban J connectivity index is 1.90. The quantitative estimate of drug-likeness (QED) is 0.861. The van der Waals surface area contributed by atoms with Crippen LogP contribution < -0.4 is 5.32 Å². The number of ether oxygens (including phenoxy) is 1. The Labute approximate surface area is 128 Å². The summed E-state index contributed by atoms with van der Waals surface area (Å²) in [5.41, 5.74) is 0.864. The second-order valence-electron chi connectivity index (χ2n) is 4.10. The van der Waals surface area contributed by atoms with E-state index in [-0.39, 0.29) is 19.0 Å². The molecule has 7 nitrogen and oxygen atoms in total. The molecule has 0 aliphatic rings. The van der Waals surface area contributed by atoms with Gasteiger partial charge < -0.3 is 9.84 Å². The number of aliphatic carboxylic acids is 1. The average molecular weight is 354 g/mol. The minimum atomic E-state index is -1.02. The van der Waals surface area contributed by atoms with Crippen LogP contribution in [-0.2, 0) is 22.7 Å². The molecule has 1 aromatic carbocycles. The van der Waals surface area contributed by atoms with Crippen LogP contribution in [0.3, 0.4) is 0 Å². The molecule has 0 aliphatic carbocycles. The molecule has 0 atom stereocenters. The Morgan fingerprint density at radius 2 is 2.05 bits per heavy atom. The highest BCUT2D eigenvalue weighted by Crippen LogP contribution is 2.20. The van der Waals surface area contributed by atoms with Crippen molar-refractivity contribution in [1.29, 1.82) is 0 Å². The van der Waals surface area contributed by atoms with Crippen molar-refractivity contribution in [2.45, 2.75) is 13.2 Å².